The van der Waals surface area contributed by atoms with E-state index < -0.39 is 0 Å². The van der Waals surface area contributed by atoms with Crippen molar-refractivity contribution in [3.05, 3.63) is 24.3 Å². The number of rotatable bonds is 2. The second-order valence-electron chi connectivity index (χ2n) is 2.81. The molecule has 0 bridgehead atoms. The minimum absolute atomic E-state index is 0.0744. The molecular formula is C8H9N5O. The zero-order valence-electron chi connectivity index (χ0n) is 7.33. The van der Waals surface area contributed by atoms with Gasteiger partial charge in [0.25, 0.3) is 0 Å². The highest BCUT2D eigenvalue weighted by Gasteiger charge is 2.02. The van der Waals surface area contributed by atoms with Crippen molar-refractivity contribution in [3.63, 3.8) is 0 Å². The molecule has 1 aromatic carbocycles. The van der Waals surface area contributed by atoms with Crippen LogP contribution in [0.3, 0.4) is 0 Å². The Labute approximate surface area is 79.6 Å². The van der Waals surface area contributed by atoms with Gasteiger partial charge in [0, 0.05) is 0 Å². The maximum Gasteiger partial charge on any atom is 0.162 e. The Morgan fingerprint density at radius 1 is 1.36 bits per heavy atom. The van der Waals surface area contributed by atoms with Gasteiger partial charge < -0.3 is 10.9 Å². The second kappa shape index (κ2) is 3.33. The van der Waals surface area contributed by atoms with E-state index in [0.717, 1.165) is 11.0 Å². The van der Waals surface area contributed by atoms with Crippen molar-refractivity contribution in [3.8, 4) is 0 Å². The summed E-state index contributed by atoms with van der Waals surface area (Å²) in [7, 11) is 0. The number of hydrogen-bond donors (Lipinski definition) is 2. The first-order valence-electron chi connectivity index (χ1n) is 4.06. The monoisotopic (exact) mass is 191 g/mol. The third-order valence-corrected chi connectivity index (χ3v) is 1.76. The predicted molar refractivity (Wildman–Crippen MR) is 50.9 cm³/mol. The minimum Gasteiger partial charge on any atom is -0.409 e. The summed E-state index contributed by atoms with van der Waals surface area (Å²) >= 11 is 0. The van der Waals surface area contributed by atoms with Gasteiger partial charge >= 0.3 is 0 Å². The number of nitrogens with two attached hydrogens (primary N) is 1. The lowest BCUT2D eigenvalue weighted by atomic mass is 10.3. The van der Waals surface area contributed by atoms with Crippen LogP contribution in [0.2, 0.25) is 0 Å². The molecule has 0 atom stereocenters. The molecule has 0 spiro atoms. The Morgan fingerprint density at radius 3 is 2.43 bits per heavy atom. The van der Waals surface area contributed by atoms with Crippen molar-refractivity contribution in [2.24, 2.45) is 10.9 Å². The summed E-state index contributed by atoms with van der Waals surface area (Å²) in [6.07, 6.45) is 0. The molecule has 0 amide bonds. The van der Waals surface area contributed by atoms with E-state index in [9.17, 15) is 0 Å². The van der Waals surface area contributed by atoms with Crippen molar-refractivity contribution in [2.45, 2.75) is 6.54 Å². The van der Waals surface area contributed by atoms with Gasteiger partial charge in [-0.1, -0.05) is 17.3 Å². The molecular weight excluding hydrogens is 182 g/mol. The zero-order valence-corrected chi connectivity index (χ0v) is 7.33. The molecule has 0 aliphatic rings. The van der Waals surface area contributed by atoms with Crippen LogP contribution >= 0.6 is 0 Å². The molecule has 2 rings (SSSR count). The molecule has 0 radical (unpaired) electrons. The highest BCUT2D eigenvalue weighted by atomic mass is 16.4. The molecule has 0 saturated carbocycles. The van der Waals surface area contributed by atoms with Crippen molar-refractivity contribution in [1.29, 1.82) is 0 Å². The maximum atomic E-state index is 8.37. The number of aromatic nitrogens is 3. The van der Waals surface area contributed by atoms with Crippen LogP contribution in [0.25, 0.3) is 11.0 Å². The number of fused-ring (bicyclic) bond motifs is 1. The summed E-state index contributed by atoms with van der Waals surface area (Å²) in [5.41, 5.74) is 6.91. The van der Waals surface area contributed by atoms with E-state index >= 15 is 0 Å². The van der Waals surface area contributed by atoms with Gasteiger partial charge in [0.05, 0.1) is 0 Å². The van der Waals surface area contributed by atoms with Gasteiger partial charge in [-0.2, -0.15) is 15.0 Å². The SMILES string of the molecule is N/C(Cn1nc2ccccc2n1)=N\O. The van der Waals surface area contributed by atoms with Gasteiger partial charge in [-0.3, -0.25) is 0 Å². The largest absolute Gasteiger partial charge is 0.409 e. The van der Waals surface area contributed by atoms with Gasteiger partial charge in [0.1, 0.15) is 17.6 Å². The molecule has 72 valence electrons. The van der Waals surface area contributed by atoms with E-state index in [2.05, 4.69) is 15.4 Å². The lowest BCUT2D eigenvalue weighted by molar-refractivity contribution is 0.315. The van der Waals surface area contributed by atoms with Gasteiger partial charge in [-0.05, 0) is 12.1 Å². The van der Waals surface area contributed by atoms with Crippen LogP contribution in [-0.4, -0.2) is 26.0 Å². The quantitative estimate of drug-likeness (QED) is 0.306. The van der Waals surface area contributed by atoms with Crippen LogP contribution in [0.15, 0.2) is 29.4 Å². The number of benzene rings is 1. The lowest BCUT2D eigenvalue weighted by Gasteiger charge is -1.94. The molecule has 6 nitrogen and oxygen atoms in total. The average Bonchev–Trinajstić information content (AvgIpc) is 2.59. The van der Waals surface area contributed by atoms with Crippen LogP contribution < -0.4 is 5.73 Å². The van der Waals surface area contributed by atoms with E-state index in [1.807, 2.05) is 24.3 Å². The Bertz CT molecular complexity index is 442. The number of nitrogens with zero attached hydrogens (tertiary/aromatic N) is 4. The van der Waals surface area contributed by atoms with Crippen molar-refractivity contribution < 1.29 is 5.21 Å². The number of hydrogen-bond acceptors (Lipinski definition) is 4. The average molecular weight is 191 g/mol. The molecule has 0 aliphatic carbocycles. The summed E-state index contributed by atoms with van der Waals surface area (Å²) in [5.74, 6) is 0.0744. The number of amidine groups is 1. The van der Waals surface area contributed by atoms with E-state index in [1.165, 1.54) is 4.80 Å². The summed E-state index contributed by atoms with van der Waals surface area (Å²) < 4.78 is 0. The smallest absolute Gasteiger partial charge is 0.162 e. The molecule has 3 N–H and O–H groups in total. The molecule has 0 fully saturated rings. The topological polar surface area (TPSA) is 89.3 Å². The molecule has 2 aromatic rings. The van der Waals surface area contributed by atoms with Crippen LogP contribution in [-0.2, 0) is 6.54 Å². The van der Waals surface area contributed by atoms with Crippen LogP contribution in [0.4, 0.5) is 0 Å². The lowest BCUT2D eigenvalue weighted by Crippen LogP contribution is -2.20. The number of oxime groups is 1. The molecule has 14 heavy (non-hydrogen) atoms. The molecule has 0 unspecified atom stereocenters. The van der Waals surface area contributed by atoms with E-state index in [-0.39, 0.29) is 12.4 Å². The molecule has 1 heterocycles. The third-order valence-electron chi connectivity index (χ3n) is 1.76. The van der Waals surface area contributed by atoms with Crippen LogP contribution in [0.5, 0.6) is 0 Å². The maximum absolute atomic E-state index is 8.37. The Hall–Kier alpha value is -2.11. The fourth-order valence-electron chi connectivity index (χ4n) is 1.15. The Morgan fingerprint density at radius 2 is 1.93 bits per heavy atom. The van der Waals surface area contributed by atoms with Crippen molar-refractivity contribution in [1.82, 2.24) is 15.0 Å². The Balaban J connectivity index is 2.36. The van der Waals surface area contributed by atoms with Crippen LogP contribution in [0, 0.1) is 0 Å². The van der Waals surface area contributed by atoms with Gasteiger partial charge in [-0.25, -0.2) is 0 Å². The summed E-state index contributed by atoms with van der Waals surface area (Å²) in [4.78, 5) is 1.39. The molecule has 6 heteroatoms. The third kappa shape index (κ3) is 1.49. The molecule has 0 aliphatic heterocycles. The summed E-state index contributed by atoms with van der Waals surface area (Å²) in [5, 5.41) is 19.5. The van der Waals surface area contributed by atoms with E-state index in [0.29, 0.717) is 0 Å². The summed E-state index contributed by atoms with van der Waals surface area (Å²) in [6.45, 7) is 0.186. The summed E-state index contributed by atoms with van der Waals surface area (Å²) in [6, 6.07) is 7.46. The minimum atomic E-state index is 0.0744. The Kier molecular flexibility index (Phi) is 2.02. The highest BCUT2D eigenvalue weighted by molar-refractivity contribution is 5.79. The van der Waals surface area contributed by atoms with E-state index in [4.69, 9.17) is 10.9 Å². The van der Waals surface area contributed by atoms with Gasteiger partial charge in [0.15, 0.2) is 5.84 Å². The fourth-order valence-corrected chi connectivity index (χ4v) is 1.15. The van der Waals surface area contributed by atoms with Crippen LogP contribution in [0.1, 0.15) is 0 Å². The van der Waals surface area contributed by atoms with Gasteiger partial charge in [0.2, 0.25) is 0 Å². The highest BCUT2D eigenvalue weighted by Crippen LogP contribution is 2.06. The zero-order chi connectivity index (χ0) is 9.97. The van der Waals surface area contributed by atoms with Crippen molar-refractivity contribution >= 4 is 16.9 Å². The van der Waals surface area contributed by atoms with Gasteiger partial charge in [-0.15, -0.1) is 0 Å². The van der Waals surface area contributed by atoms with E-state index in [1.54, 1.807) is 0 Å². The van der Waals surface area contributed by atoms with Crippen molar-refractivity contribution in [2.75, 3.05) is 0 Å². The first-order valence-corrected chi connectivity index (χ1v) is 4.06. The standard InChI is InChI=1S/C8H9N5O/c9-8(12-14)5-13-10-6-3-1-2-4-7(6)11-13/h1-4,14H,5H2,(H2,9,12). The molecule has 0 saturated heterocycles. The normalized spacial score (nSPS) is 12.1. The molecule has 1 aromatic heterocycles. The second-order valence-corrected chi connectivity index (χ2v) is 2.81. The first-order chi connectivity index (χ1) is 6.79. The predicted octanol–water partition coefficient (Wildman–Crippen LogP) is 0.178. The first kappa shape index (κ1) is 8.49. The fraction of sp³-hybridized carbons (Fsp3) is 0.125.